The summed E-state index contributed by atoms with van der Waals surface area (Å²) < 4.78 is 60.0. The van der Waals surface area contributed by atoms with Gasteiger partial charge in [-0.2, -0.15) is 18.3 Å². The van der Waals surface area contributed by atoms with Gasteiger partial charge in [0.25, 0.3) is 0 Å². The Hall–Kier alpha value is -3.92. The number of hydrogen-bond acceptors (Lipinski definition) is 3. The summed E-state index contributed by atoms with van der Waals surface area (Å²) in [7, 11) is 0. The summed E-state index contributed by atoms with van der Waals surface area (Å²) in [5.41, 5.74) is 1.97. The molecule has 2 atom stereocenters. The van der Waals surface area contributed by atoms with Crippen molar-refractivity contribution in [1.82, 2.24) is 14.3 Å². The molecule has 180 valence electrons. The topological polar surface area (TPSA) is 86.1 Å². The standard InChI is InChI=1S/C25H20F4N4O2/c26-17-6-8-18(9-7-17)33-21-10-5-16(11-15(21)12-31-33)24(35,25(27,28)29)20-13-32(14-23(30)34)22-4-2-1-3-19(20)22/h1-8,10-13,18,35H,9,14H2,(H2,30,34). The molecule has 5 rings (SSSR count). The van der Waals surface area contributed by atoms with Gasteiger partial charge in [-0.05, 0) is 42.3 Å². The van der Waals surface area contributed by atoms with Crippen molar-refractivity contribution in [2.75, 3.05) is 0 Å². The molecule has 0 saturated heterocycles. The van der Waals surface area contributed by atoms with E-state index in [1.807, 2.05) is 0 Å². The lowest BCUT2D eigenvalue weighted by Crippen LogP contribution is -2.43. The third kappa shape index (κ3) is 3.70. The average Bonchev–Trinajstić information content (AvgIpc) is 3.40. The summed E-state index contributed by atoms with van der Waals surface area (Å²) in [5, 5.41) is 16.1. The number of para-hydroxylation sites is 1. The number of benzene rings is 2. The molecule has 1 amide bonds. The quantitative estimate of drug-likeness (QED) is 0.405. The van der Waals surface area contributed by atoms with Crippen LogP contribution in [0.25, 0.3) is 21.8 Å². The van der Waals surface area contributed by atoms with E-state index in [4.69, 9.17) is 5.73 Å². The number of fused-ring (bicyclic) bond motifs is 2. The normalized spacial score (nSPS) is 18.1. The van der Waals surface area contributed by atoms with Crippen LogP contribution in [-0.2, 0) is 16.9 Å². The van der Waals surface area contributed by atoms with Crippen LogP contribution < -0.4 is 5.73 Å². The van der Waals surface area contributed by atoms with Crippen molar-refractivity contribution >= 4 is 27.7 Å². The predicted molar refractivity (Wildman–Crippen MR) is 122 cm³/mol. The van der Waals surface area contributed by atoms with Crippen LogP contribution in [0.3, 0.4) is 0 Å². The van der Waals surface area contributed by atoms with E-state index < -0.39 is 28.8 Å². The van der Waals surface area contributed by atoms with Crippen molar-refractivity contribution in [3.63, 3.8) is 0 Å². The molecule has 0 spiro atoms. The number of alkyl halides is 3. The number of aliphatic hydroxyl groups is 1. The Kier molecular flexibility index (Phi) is 5.28. The van der Waals surface area contributed by atoms with Crippen LogP contribution in [0.1, 0.15) is 23.6 Å². The second-order valence-corrected chi connectivity index (χ2v) is 8.48. The lowest BCUT2D eigenvalue weighted by molar-refractivity contribution is -0.247. The van der Waals surface area contributed by atoms with Crippen LogP contribution in [-0.4, -0.2) is 31.5 Å². The fraction of sp³-hybridized carbons (Fsp3) is 0.200. The Bertz CT molecular complexity index is 1510. The zero-order chi connectivity index (χ0) is 25.0. The first-order valence-electron chi connectivity index (χ1n) is 10.8. The molecule has 2 aromatic heterocycles. The molecule has 2 unspecified atom stereocenters. The smallest absolute Gasteiger partial charge is 0.372 e. The highest BCUT2D eigenvalue weighted by molar-refractivity contribution is 5.88. The minimum Gasteiger partial charge on any atom is -0.372 e. The van der Waals surface area contributed by atoms with Gasteiger partial charge in [0, 0.05) is 28.0 Å². The number of carbonyl (C=O) groups is 1. The van der Waals surface area contributed by atoms with Gasteiger partial charge in [0.05, 0.1) is 17.8 Å². The summed E-state index contributed by atoms with van der Waals surface area (Å²) in [6.07, 6.45) is 2.16. The van der Waals surface area contributed by atoms with Crippen molar-refractivity contribution in [2.45, 2.75) is 30.8 Å². The highest BCUT2D eigenvalue weighted by Crippen LogP contribution is 2.47. The monoisotopic (exact) mass is 484 g/mol. The number of nitrogens with two attached hydrogens (primary N) is 1. The second kappa shape index (κ2) is 8.09. The first kappa shape index (κ1) is 22.9. The van der Waals surface area contributed by atoms with E-state index in [-0.39, 0.29) is 23.8 Å². The molecule has 0 saturated carbocycles. The van der Waals surface area contributed by atoms with Gasteiger partial charge in [-0.15, -0.1) is 0 Å². The number of hydrogen-bond donors (Lipinski definition) is 2. The minimum absolute atomic E-state index is 0.144. The molecule has 0 aliphatic heterocycles. The van der Waals surface area contributed by atoms with Crippen molar-refractivity contribution in [3.05, 3.63) is 90.0 Å². The first-order valence-corrected chi connectivity index (χ1v) is 10.8. The van der Waals surface area contributed by atoms with E-state index in [0.717, 1.165) is 6.20 Å². The molecule has 0 fully saturated rings. The fourth-order valence-electron chi connectivity index (χ4n) is 4.61. The van der Waals surface area contributed by atoms with E-state index in [9.17, 15) is 27.5 Å². The van der Waals surface area contributed by atoms with Gasteiger partial charge in [0.1, 0.15) is 12.4 Å². The molecule has 2 heterocycles. The molecule has 1 aliphatic carbocycles. The lowest BCUT2D eigenvalue weighted by Gasteiger charge is -2.31. The highest BCUT2D eigenvalue weighted by atomic mass is 19.4. The molecule has 10 heteroatoms. The number of primary amides is 1. The zero-order valence-corrected chi connectivity index (χ0v) is 18.2. The third-order valence-electron chi connectivity index (χ3n) is 6.27. The Morgan fingerprint density at radius 1 is 1.17 bits per heavy atom. The van der Waals surface area contributed by atoms with Crippen molar-refractivity contribution < 1.29 is 27.5 Å². The SMILES string of the molecule is NC(=O)Cn1cc(C(O)(c2ccc3c(cnn3C3C=CC(F)=CC3)c2)C(F)(F)F)c2ccccc21. The van der Waals surface area contributed by atoms with E-state index in [1.54, 1.807) is 29.0 Å². The zero-order valence-electron chi connectivity index (χ0n) is 18.2. The van der Waals surface area contributed by atoms with Crippen LogP contribution in [0.15, 0.2) is 78.9 Å². The molecule has 35 heavy (non-hydrogen) atoms. The van der Waals surface area contributed by atoms with Crippen LogP contribution in [0.4, 0.5) is 17.6 Å². The third-order valence-corrected chi connectivity index (χ3v) is 6.27. The summed E-state index contributed by atoms with van der Waals surface area (Å²) in [4.78, 5) is 11.5. The number of amides is 1. The maximum absolute atomic E-state index is 14.6. The van der Waals surface area contributed by atoms with Gasteiger partial charge in [0.15, 0.2) is 0 Å². The van der Waals surface area contributed by atoms with E-state index in [1.165, 1.54) is 47.2 Å². The van der Waals surface area contributed by atoms with Crippen LogP contribution in [0, 0.1) is 0 Å². The minimum atomic E-state index is -5.09. The number of allylic oxidation sites excluding steroid dienone is 4. The largest absolute Gasteiger partial charge is 0.425 e. The second-order valence-electron chi connectivity index (χ2n) is 8.48. The molecule has 2 aromatic carbocycles. The number of aromatic nitrogens is 3. The lowest BCUT2D eigenvalue weighted by atomic mass is 9.85. The predicted octanol–water partition coefficient (Wildman–Crippen LogP) is 4.63. The van der Waals surface area contributed by atoms with E-state index in [2.05, 4.69) is 5.10 Å². The van der Waals surface area contributed by atoms with Gasteiger partial charge in [-0.3, -0.25) is 9.48 Å². The van der Waals surface area contributed by atoms with Crippen molar-refractivity contribution in [2.24, 2.45) is 5.73 Å². The fourth-order valence-corrected chi connectivity index (χ4v) is 4.61. The Balaban J connectivity index is 1.66. The van der Waals surface area contributed by atoms with Crippen molar-refractivity contribution in [3.8, 4) is 0 Å². The molecular weight excluding hydrogens is 464 g/mol. The van der Waals surface area contributed by atoms with Gasteiger partial charge in [-0.25, -0.2) is 4.39 Å². The molecule has 0 radical (unpaired) electrons. The van der Waals surface area contributed by atoms with Gasteiger partial charge in [-0.1, -0.05) is 30.3 Å². The molecule has 3 N–H and O–H groups in total. The van der Waals surface area contributed by atoms with Gasteiger partial charge in [0.2, 0.25) is 11.5 Å². The first-order chi connectivity index (χ1) is 16.6. The number of carbonyl (C=O) groups excluding carboxylic acids is 1. The van der Waals surface area contributed by atoms with Gasteiger partial charge < -0.3 is 15.4 Å². The Morgan fingerprint density at radius 3 is 2.63 bits per heavy atom. The van der Waals surface area contributed by atoms with Crippen LogP contribution >= 0.6 is 0 Å². The highest BCUT2D eigenvalue weighted by Gasteiger charge is 2.57. The molecule has 4 aromatic rings. The van der Waals surface area contributed by atoms with Crippen LogP contribution in [0.5, 0.6) is 0 Å². The van der Waals surface area contributed by atoms with Gasteiger partial charge >= 0.3 is 6.18 Å². The summed E-state index contributed by atoms with van der Waals surface area (Å²) in [6, 6.07) is 9.81. The van der Waals surface area contributed by atoms with E-state index in [0.29, 0.717) is 22.8 Å². The molecule has 6 nitrogen and oxygen atoms in total. The van der Waals surface area contributed by atoms with E-state index >= 15 is 0 Å². The average molecular weight is 484 g/mol. The maximum Gasteiger partial charge on any atom is 0.425 e. The maximum atomic E-state index is 14.6. The molecular formula is C25H20F4N4O2. The summed E-state index contributed by atoms with van der Waals surface area (Å²) in [6.45, 7) is -0.343. The van der Waals surface area contributed by atoms with Crippen molar-refractivity contribution in [1.29, 1.82) is 0 Å². The Morgan fingerprint density at radius 2 is 1.94 bits per heavy atom. The number of rotatable bonds is 5. The summed E-state index contributed by atoms with van der Waals surface area (Å²) >= 11 is 0. The number of halogens is 4. The summed E-state index contributed by atoms with van der Waals surface area (Å²) in [5.74, 6) is -1.08. The molecule has 1 aliphatic rings. The number of nitrogens with zero attached hydrogens (tertiary/aromatic N) is 3. The van der Waals surface area contributed by atoms with Crippen LogP contribution in [0.2, 0.25) is 0 Å². The molecule has 0 bridgehead atoms. The Labute approximate surface area is 196 Å².